The normalized spacial score (nSPS) is 14.3. The minimum absolute atomic E-state index is 0.0834. The first-order valence-electron chi connectivity index (χ1n) is 13.1. The summed E-state index contributed by atoms with van der Waals surface area (Å²) in [6.07, 6.45) is 0.850. The number of hydrogen-bond donors (Lipinski definition) is 3. The maximum Gasteiger partial charge on any atom is 0.349 e. The molecule has 224 valence electrons. The number of piperidine rings is 1. The van der Waals surface area contributed by atoms with Crippen LogP contribution in [0.15, 0.2) is 59.1 Å². The lowest BCUT2D eigenvalue weighted by atomic mass is 10.0. The average molecular weight is 681 g/mol. The SMILES string of the molecule is CCNC(=O)N(c1cccc(-c2sc(C(=O)O)c(OCC(=O)O)c2Br)c1)C1CCN(S(=O)(=O)Cc2ccccc2)CC1. The number of carbonyl (C=O) groups excluding carboxylic acids is 1. The minimum atomic E-state index is -3.53. The summed E-state index contributed by atoms with van der Waals surface area (Å²) in [5, 5.41) is 21.5. The van der Waals surface area contributed by atoms with Crippen LogP contribution in [0.25, 0.3) is 10.4 Å². The molecule has 2 heterocycles. The molecule has 0 unspecified atom stereocenters. The summed E-state index contributed by atoms with van der Waals surface area (Å²) in [6, 6.07) is 15.4. The third-order valence-corrected chi connectivity index (χ3v) is 10.7. The number of ether oxygens (including phenoxy) is 1. The summed E-state index contributed by atoms with van der Waals surface area (Å²) in [6.45, 7) is 2.01. The molecule has 3 N–H and O–H groups in total. The second kappa shape index (κ2) is 13.7. The number of hydrogen-bond acceptors (Lipinski definition) is 7. The first kappa shape index (κ1) is 31.5. The number of nitrogens with zero attached hydrogens (tertiary/aromatic N) is 2. The summed E-state index contributed by atoms with van der Waals surface area (Å²) in [7, 11) is -3.53. The van der Waals surface area contributed by atoms with Crippen molar-refractivity contribution in [2.75, 3.05) is 31.1 Å². The van der Waals surface area contributed by atoms with Crippen molar-refractivity contribution in [1.82, 2.24) is 9.62 Å². The van der Waals surface area contributed by atoms with Crippen molar-refractivity contribution in [2.24, 2.45) is 0 Å². The van der Waals surface area contributed by atoms with Gasteiger partial charge in [0, 0.05) is 31.4 Å². The molecule has 0 aliphatic carbocycles. The summed E-state index contributed by atoms with van der Waals surface area (Å²) in [5.74, 6) is -2.68. The van der Waals surface area contributed by atoms with E-state index >= 15 is 0 Å². The second-order valence-electron chi connectivity index (χ2n) is 9.52. The van der Waals surface area contributed by atoms with Crippen molar-refractivity contribution < 1.29 is 37.8 Å². The van der Waals surface area contributed by atoms with Crippen LogP contribution in [0.1, 0.15) is 35.0 Å². The van der Waals surface area contributed by atoms with E-state index in [4.69, 9.17) is 9.84 Å². The van der Waals surface area contributed by atoms with Crippen LogP contribution in [0.2, 0.25) is 0 Å². The number of urea groups is 1. The van der Waals surface area contributed by atoms with E-state index in [0.717, 1.165) is 11.3 Å². The molecule has 2 amide bonds. The molecule has 0 atom stereocenters. The number of rotatable bonds is 11. The lowest BCUT2D eigenvalue weighted by Gasteiger charge is -2.38. The van der Waals surface area contributed by atoms with Crippen LogP contribution < -0.4 is 15.0 Å². The van der Waals surface area contributed by atoms with E-state index in [1.165, 1.54) is 4.31 Å². The Morgan fingerprint density at radius 2 is 1.79 bits per heavy atom. The number of aromatic carboxylic acids is 1. The fourth-order valence-corrected chi connectivity index (χ4v) is 8.22. The smallest absolute Gasteiger partial charge is 0.349 e. The van der Waals surface area contributed by atoms with Gasteiger partial charge in [-0.25, -0.2) is 27.1 Å². The standard InChI is InChI=1S/C28H30BrN3O8S2/c1-2-30-28(37)32(20-11-13-31(14-12-20)42(38,39)17-18-7-4-3-5-8-18)21-10-6-9-19(15-21)25-23(29)24(40-16-22(33)34)26(41-25)27(35)36/h3-10,15,20H,2,11-14,16-17H2,1H3,(H,30,37)(H,33,34)(H,35,36). The fraction of sp³-hybridized carbons (Fsp3) is 0.321. The number of benzene rings is 2. The van der Waals surface area contributed by atoms with E-state index in [2.05, 4.69) is 21.2 Å². The Morgan fingerprint density at radius 1 is 1.10 bits per heavy atom. The number of sulfonamides is 1. The Hall–Kier alpha value is -3.46. The molecule has 14 heteroatoms. The van der Waals surface area contributed by atoms with Gasteiger partial charge < -0.3 is 20.3 Å². The molecule has 1 aromatic heterocycles. The first-order chi connectivity index (χ1) is 20.0. The van der Waals surface area contributed by atoms with E-state index in [1.807, 2.05) is 6.07 Å². The molecule has 3 aromatic rings. The quantitative estimate of drug-likeness (QED) is 0.259. The van der Waals surface area contributed by atoms with Crippen LogP contribution in [-0.2, 0) is 20.6 Å². The summed E-state index contributed by atoms with van der Waals surface area (Å²) >= 11 is 4.29. The van der Waals surface area contributed by atoms with Crippen LogP contribution in [-0.4, -0.2) is 73.2 Å². The maximum atomic E-state index is 13.3. The zero-order valence-electron chi connectivity index (χ0n) is 22.7. The minimum Gasteiger partial charge on any atom is -0.479 e. The molecule has 2 aromatic carbocycles. The van der Waals surface area contributed by atoms with Crippen molar-refractivity contribution in [2.45, 2.75) is 31.6 Å². The molecule has 0 saturated carbocycles. The van der Waals surface area contributed by atoms with Gasteiger partial charge in [0.1, 0.15) is 0 Å². The fourth-order valence-electron chi connectivity index (χ4n) is 4.77. The molecule has 11 nitrogen and oxygen atoms in total. The Bertz CT molecular complexity index is 1550. The predicted octanol–water partition coefficient (Wildman–Crippen LogP) is 4.87. The van der Waals surface area contributed by atoms with Gasteiger partial charge in [0.15, 0.2) is 17.2 Å². The molecule has 4 rings (SSSR count). The van der Waals surface area contributed by atoms with Gasteiger partial charge in [-0.05, 0) is 59.0 Å². The molecule has 1 aliphatic rings. The summed E-state index contributed by atoms with van der Waals surface area (Å²) in [5.41, 5.74) is 1.85. The highest BCUT2D eigenvalue weighted by Gasteiger charge is 2.34. The average Bonchev–Trinajstić information content (AvgIpc) is 3.29. The van der Waals surface area contributed by atoms with E-state index in [0.29, 0.717) is 45.6 Å². The number of nitrogens with one attached hydrogen (secondary N) is 1. The third kappa shape index (κ3) is 7.30. The van der Waals surface area contributed by atoms with Gasteiger partial charge in [-0.15, -0.1) is 11.3 Å². The number of carboxylic acid groups (broad SMARTS) is 2. The monoisotopic (exact) mass is 679 g/mol. The zero-order chi connectivity index (χ0) is 30.4. The van der Waals surface area contributed by atoms with Crippen LogP contribution in [0.5, 0.6) is 5.75 Å². The molecular formula is C28H30BrN3O8S2. The maximum absolute atomic E-state index is 13.3. The van der Waals surface area contributed by atoms with E-state index in [-0.39, 0.29) is 41.5 Å². The van der Waals surface area contributed by atoms with Crippen LogP contribution in [0.3, 0.4) is 0 Å². The molecule has 0 radical (unpaired) electrons. The Labute approximate surface area is 255 Å². The molecule has 42 heavy (non-hydrogen) atoms. The van der Waals surface area contributed by atoms with Crippen molar-refractivity contribution in [1.29, 1.82) is 0 Å². The van der Waals surface area contributed by atoms with Crippen LogP contribution in [0.4, 0.5) is 10.5 Å². The van der Waals surface area contributed by atoms with Crippen LogP contribution in [0, 0.1) is 0 Å². The number of thiophene rings is 1. The topological polar surface area (TPSA) is 154 Å². The second-order valence-corrected chi connectivity index (χ2v) is 13.3. The predicted molar refractivity (Wildman–Crippen MR) is 163 cm³/mol. The van der Waals surface area contributed by atoms with E-state index in [1.54, 1.807) is 60.4 Å². The molecule has 1 aliphatic heterocycles. The van der Waals surface area contributed by atoms with E-state index in [9.17, 15) is 27.9 Å². The highest BCUT2D eigenvalue weighted by molar-refractivity contribution is 9.10. The van der Waals surface area contributed by atoms with E-state index < -0.39 is 28.6 Å². The van der Waals surface area contributed by atoms with Gasteiger partial charge in [-0.2, -0.15) is 0 Å². The van der Waals surface area contributed by atoms with Crippen LogP contribution >= 0.6 is 27.3 Å². The zero-order valence-corrected chi connectivity index (χ0v) is 25.9. The molecule has 0 spiro atoms. The van der Waals surface area contributed by atoms with Gasteiger partial charge in [-0.1, -0.05) is 42.5 Å². The molecule has 1 fully saturated rings. The number of amides is 2. The highest BCUT2D eigenvalue weighted by Crippen LogP contribution is 2.46. The van der Waals surface area contributed by atoms with Crippen molar-refractivity contribution in [3.05, 3.63) is 69.5 Å². The highest BCUT2D eigenvalue weighted by atomic mass is 79.9. The molecule has 0 bridgehead atoms. The van der Waals surface area contributed by atoms with Crippen molar-refractivity contribution in [3.8, 4) is 16.2 Å². The summed E-state index contributed by atoms with van der Waals surface area (Å²) in [4.78, 5) is 38.1. The largest absolute Gasteiger partial charge is 0.479 e. The summed E-state index contributed by atoms with van der Waals surface area (Å²) < 4.78 is 33.2. The number of halogens is 1. The number of carbonyl (C=O) groups is 3. The van der Waals surface area contributed by atoms with Gasteiger partial charge in [0.05, 0.1) is 15.1 Å². The lowest BCUT2D eigenvalue weighted by molar-refractivity contribution is -0.139. The van der Waals surface area contributed by atoms with Gasteiger partial charge >= 0.3 is 18.0 Å². The number of aliphatic carboxylic acids is 1. The molecular weight excluding hydrogens is 650 g/mol. The Kier molecular flexibility index (Phi) is 10.2. The van der Waals surface area contributed by atoms with Gasteiger partial charge in [0.2, 0.25) is 10.0 Å². The van der Waals surface area contributed by atoms with Crippen molar-refractivity contribution >= 4 is 60.9 Å². The lowest BCUT2D eigenvalue weighted by Crippen LogP contribution is -2.52. The Morgan fingerprint density at radius 3 is 2.40 bits per heavy atom. The Balaban J connectivity index is 1.59. The van der Waals surface area contributed by atoms with Crippen molar-refractivity contribution in [3.63, 3.8) is 0 Å². The third-order valence-electron chi connectivity index (χ3n) is 6.65. The van der Waals surface area contributed by atoms with Gasteiger partial charge in [-0.3, -0.25) is 4.90 Å². The first-order valence-corrected chi connectivity index (χ1v) is 16.3. The number of carboxylic acids is 2. The molecule has 1 saturated heterocycles. The number of anilines is 1. The van der Waals surface area contributed by atoms with Gasteiger partial charge in [0.25, 0.3) is 0 Å².